The predicted molar refractivity (Wildman–Crippen MR) is 109 cm³/mol. The SMILES string of the molecule is Cc1cccc(N2CCN(C(=O)CC3CCc4n[nH]c(=O)n4CC3)CC2)c1C. The molecule has 1 amide bonds. The van der Waals surface area contributed by atoms with E-state index >= 15 is 0 Å². The Morgan fingerprint density at radius 1 is 1.14 bits per heavy atom. The average Bonchev–Trinajstić information content (AvgIpc) is 2.93. The van der Waals surface area contributed by atoms with Crippen molar-refractivity contribution in [2.75, 3.05) is 31.1 Å². The maximum absolute atomic E-state index is 12.8. The van der Waals surface area contributed by atoms with Crippen LogP contribution < -0.4 is 10.6 Å². The molecule has 0 saturated carbocycles. The Balaban J connectivity index is 1.31. The minimum Gasteiger partial charge on any atom is -0.368 e. The van der Waals surface area contributed by atoms with E-state index < -0.39 is 0 Å². The van der Waals surface area contributed by atoms with Gasteiger partial charge in [0.15, 0.2) is 0 Å². The minimum atomic E-state index is -0.135. The normalized spacial score (nSPS) is 20.0. The third kappa shape index (κ3) is 3.70. The summed E-state index contributed by atoms with van der Waals surface area (Å²) in [5.41, 5.74) is 3.79. The zero-order valence-electron chi connectivity index (χ0n) is 16.8. The van der Waals surface area contributed by atoms with Crippen molar-refractivity contribution in [2.45, 2.75) is 46.1 Å². The van der Waals surface area contributed by atoms with Gasteiger partial charge < -0.3 is 9.80 Å². The molecule has 7 heteroatoms. The van der Waals surface area contributed by atoms with Crippen molar-refractivity contribution >= 4 is 11.6 Å². The summed E-state index contributed by atoms with van der Waals surface area (Å²) in [6, 6.07) is 6.43. The van der Waals surface area contributed by atoms with E-state index in [2.05, 4.69) is 47.1 Å². The first-order valence-corrected chi connectivity index (χ1v) is 10.3. The van der Waals surface area contributed by atoms with Gasteiger partial charge in [-0.2, -0.15) is 5.10 Å². The number of anilines is 1. The summed E-state index contributed by atoms with van der Waals surface area (Å²) >= 11 is 0. The molecule has 3 heterocycles. The number of hydrogen-bond acceptors (Lipinski definition) is 4. The highest BCUT2D eigenvalue weighted by atomic mass is 16.2. The second-order valence-corrected chi connectivity index (χ2v) is 8.08. The second-order valence-electron chi connectivity index (χ2n) is 8.08. The molecule has 0 radical (unpaired) electrons. The first kappa shape index (κ1) is 18.8. The molecular weight excluding hydrogens is 354 g/mol. The van der Waals surface area contributed by atoms with E-state index in [0.717, 1.165) is 51.3 Å². The summed E-state index contributed by atoms with van der Waals surface area (Å²) < 4.78 is 1.72. The van der Waals surface area contributed by atoms with E-state index in [4.69, 9.17) is 0 Å². The van der Waals surface area contributed by atoms with Crippen molar-refractivity contribution in [1.82, 2.24) is 19.7 Å². The van der Waals surface area contributed by atoms with E-state index in [1.54, 1.807) is 4.57 Å². The van der Waals surface area contributed by atoms with Gasteiger partial charge in [0.1, 0.15) is 5.82 Å². The second kappa shape index (κ2) is 7.81. The van der Waals surface area contributed by atoms with Gasteiger partial charge in [0, 0.05) is 51.3 Å². The number of carbonyl (C=O) groups is 1. The molecule has 1 saturated heterocycles. The van der Waals surface area contributed by atoms with Crippen LogP contribution in [0, 0.1) is 19.8 Å². The molecule has 1 aromatic carbocycles. The Morgan fingerprint density at radius 3 is 2.71 bits per heavy atom. The number of nitrogens with zero attached hydrogens (tertiary/aromatic N) is 4. The molecule has 0 bridgehead atoms. The Morgan fingerprint density at radius 2 is 1.93 bits per heavy atom. The van der Waals surface area contributed by atoms with Gasteiger partial charge in [-0.1, -0.05) is 12.1 Å². The smallest absolute Gasteiger partial charge is 0.343 e. The fourth-order valence-corrected chi connectivity index (χ4v) is 4.42. The van der Waals surface area contributed by atoms with Crippen LogP contribution in [0.25, 0.3) is 0 Å². The molecule has 0 spiro atoms. The van der Waals surface area contributed by atoms with Crippen LogP contribution in [-0.2, 0) is 17.8 Å². The average molecular weight is 383 g/mol. The van der Waals surface area contributed by atoms with Gasteiger partial charge in [0.25, 0.3) is 0 Å². The quantitative estimate of drug-likeness (QED) is 0.878. The fraction of sp³-hybridized carbons (Fsp3) is 0.571. The van der Waals surface area contributed by atoms with Crippen LogP contribution in [0.2, 0.25) is 0 Å². The molecule has 150 valence electrons. The molecule has 7 nitrogen and oxygen atoms in total. The molecule has 2 aromatic rings. The molecule has 28 heavy (non-hydrogen) atoms. The Labute approximate surface area is 165 Å². The van der Waals surface area contributed by atoms with Gasteiger partial charge in [-0.3, -0.25) is 9.36 Å². The summed E-state index contributed by atoms with van der Waals surface area (Å²) in [5.74, 6) is 1.40. The van der Waals surface area contributed by atoms with Gasteiger partial charge in [0.05, 0.1) is 0 Å². The van der Waals surface area contributed by atoms with Crippen molar-refractivity contribution in [2.24, 2.45) is 5.92 Å². The van der Waals surface area contributed by atoms with E-state index in [-0.39, 0.29) is 11.6 Å². The van der Waals surface area contributed by atoms with Crippen molar-refractivity contribution in [1.29, 1.82) is 0 Å². The van der Waals surface area contributed by atoms with E-state index in [1.165, 1.54) is 16.8 Å². The number of aryl methyl sites for hydroxylation is 2. The molecule has 2 aliphatic rings. The van der Waals surface area contributed by atoms with E-state index in [9.17, 15) is 9.59 Å². The molecule has 1 aromatic heterocycles. The number of carbonyl (C=O) groups excluding carboxylic acids is 1. The van der Waals surface area contributed by atoms with Gasteiger partial charge in [0.2, 0.25) is 5.91 Å². The predicted octanol–water partition coefficient (Wildman–Crippen LogP) is 1.88. The number of aromatic nitrogens is 3. The first-order chi connectivity index (χ1) is 13.5. The Bertz CT molecular complexity index is 908. The number of nitrogens with one attached hydrogen (secondary N) is 1. The van der Waals surface area contributed by atoms with Crippen LogP contribution in [-0.4, -0.2) is 51.8 Å². The zero-order valence-corrected chi connectivity index (χ0v) is 16.8. The third-order valence-corrected chi connectivity index (χ3v) is 6.39. The van der Waals surface area contributed by atoms with Gasteiger partial charge >= 0.3 is 5.69 Å². The van der Waals surface area contributed by atoms with Crippen molar-refractivity contribution in [3.05, 3.63) is 45.6 Å². The summed E-state index contributed by atoms with van der Waals surface area (Å²) in [6.45, 7) is 8.29. The summed E-state index contributed by atoms with van der Waals surface area (Å²) in [6.07, 6.45) is 3.11. The number of benzene rings is 1. The molecule has 1 fully saturated rings. The lowest BCUT2D eigenvalue weighted by Gasteiger charge is -2.37. The van der Waals surface area contributed by atoms with Crippen LogP contribution in [0.5, 0.6) is 0 Å². The molecule has 0 aliphatic carbocycles. The summed E-state index contributed by atoms with van der Waals surface area (Å²) in [7, 11) is 0. The largest absolute Gasteiger partial charge is 0.368 e. The highest BCUT2D eigenvalue weighted by molar-refractivity contribution is 5.77. The van der Waals surface area contributed by atoms with Crippen LogP contribution in [0.15, 0.2) is 23.0 Å². The van der Waals surface area contributed by atoms with Crippen LogP contribution in [0.4, 0.5) is 5.69 Å². The van der Waals surface area contributed by atoms with Crippen LogP contribution in [0.3, 0.4) is 0 Å². The summed E-state index contributed by atoms with van der Waals surface area (Å²) in [4.78, 5) is 29.0. The van der Waals surface area contributed by atoms with Gasteiger partial charge in [-0.05, 0) is 49.8 Å². The van der Waals surface area contributed by atoms with Crippen molar-refractivity contribution in [3.8, 4) is 0 Å². The number of piperazine rings is 1. The highest BCUT2D eigenvalue weighted by Crippen LogP contribution is 2.25. The highest BCUT2D eigenvalue weighted by Gasteiger charge is 2.26. The Hall–Kier alpha value is -2.57. The monoisotopic (exact) mass is 383 g/mol. The first-order valence-electron chi connectivity index (χ1n) is 10.3. The lowest BCUT2D eigenvalue weighted by molar-refractivity contribution is -0.132. The molecule has 4 rings (SSSR count). The number of rotatable bonds is 3. The molecular formula is C21H29N5O2. The minimum absolute atomic E-state index is 0.135. The van der Waals surface area contributed by atoms with Crippen LogP contribution in [0.1, 0.15) is 36.2 Å². The summed E-state index contributed by atoms with van der Waals surface area (Å²) in [5, 5.41) is 6.61. The van der Waals surface area contributed by atoms with Gasteiger partial charge in [-0.25, -0.2) is 9.89 Å². The van der Waals surface area contributed by atoms with Gasteiger partial charge in [-0.15, -0.1) is 0 Å². The van der Waals surface area contributed by atoms with E-state index in [0.29, 0.717) is 18.9 Å². The maximum Gasteiger partial charge on any atom is 0.343 e. The Kier molecular flexibility index (Phi) is 5.24. The fourth-order valence-electron chi connectivity index (χ4n) is 4.42. The van der Waals surface area contributed by atoms with Crippen LogP contribution >= 0.6 is 0 Å². The standard InChI is InChI=1S/C21H29N5O2/c1-15-4-3-5-18(16(15)2)24-10-12-25(13-11-24)20(27)14-17-6-7-19-22-23-21(28)26(19)9-8-17/h3-5,17H,6-14H2,1-2H3,(H,23,28). The van der Waals surface area contributed by atoms with E-state index in [1.807, 2.05) is 4.90 Å². The zero-order chi connectivity index (χ0) is 19.7. The number of hydrogen-bond donors (Lipinski definition) is 1. The lowest BCUT2D eigenvalue weighted by Crippen LogP contribution is -2.49. The number of fused-ring (bicyclic) bond motifs is 1. The van der Waals surface area contributed by atoms with Crippen molar-refractivity contribution in [3.63, 3.8) is 0 Å². The van der Waals surface area contributed by atoms with Crippen molar-refractivity contribution < 1.29 is 4.79 Å². The molecule has 1 atom stereocenters. The lowest BCUT2D eigenvalue weighted by atomic mass is 9.96. The molecule has 2 aliphatic heterocycles. The third-order valence-electron chi connectivity index (χ3n) is 6.39. The topological polar surface area (TPSA) is 74.2 Å². The molecule has 1 N–H and O–H groups in total. The molecule has 1 unspecified atom stereocenters. The number of aromatic amines is 1. The maximum atomic E-state index is 12.8. The number of H-pyrrole nitrogens is 1. The number of amides is 1.